The van der Waals surface area contributed by atoms with Gasteiger partial charge in [0.15, 0.2) is 0 Å². The molecule has 0 amide bonds. The smallest absolute Gasteiger partial charge is 0 e. The number of hydrogen-bond acceptors (Lipinski definition) is 2. The fraction of sp³-hybridized carbons (Fsp3) is 0.500. The Hall–Kier alpha value is -0.237. The Bertz CT molecular complexity index is 144. The van der Waals surface area contributed by atoms with E-state index in [0.717, 1.165) is 11.6 Å². The summed E-state index contributed by atoms with van der Waals surface area (Å²) in [4.78, 5) is 3.89. The van der Waals surface area contributed by atoms with Crippen LogP contribution in [0, 0.1) is 13.8 Å². The summed E-state index contributed by atoms with van der Waals surface area (Å²) in [5.41, 5.74) is 0. The van der Waals surface area contributed by atoms with E-state index >= 15 is 0 Å². The molecule has 1 radical (unpaired) electrons. The van der Waals surface area contributed by atoms with E-state index in [2.05, 4.69) is 15.2 Å². The summed E-state index contributed by atoms with van der Waals surface area (Å²) in [7, 11) is 0. The van der Waals surface area contributed by atoms with Gasteiger partial charge in [-0.15, -0.1) is 0 Å². The van der Waals surface area contributed by atoms with E-state index in [1.807, 2.05) is 13.8 Å². The van der Waals surface area contributed by atoms with Gasteiger partial charge in [0.2, 0.25) is 0 Å². The van der Waals surface area contributed by atoms with Crippen LogP contribution in [0.4, 0.5) is 0 Å². The zero-order valence-electron chi connectivity index (χ0n) is 4.67. The Morgan fingerprint density at radius 3 is 1.62 bits per heavy atom. The van der Waals surface area contributed by atoms with E-state index in [4.69, 9.17) is 0 Å². The molecule has 0 aliphatic heterocycles. The predicted octanol–water partition coefficient (Wildman–Crippen LogP) is 0.0481. The second-order valence-corrected chi connectivity index (χ2v) is 1.41. The van der Waals surface area contributed by atoms with Crippen LogP contribution in [0.3, 0.4) is 0 Å². The van der Waals surface area contributed by atoms with E-state index in [-0.39, 0.29) is 19.5 Å². The first kappa shape index (κ1) is 7.76. The molecule has 0 N–H and O–H groups in total. The molecule has 4 heteroatoms. The second-order valence-electron chi connectivity index (χ2n) is 1.41. The first-order valence-corrected chi connectivity index (χ1v) is 2.09. The summed E-state index contributed by atoms with van der Waals surface area (Å²) in [5, 5.41) is 7.31. The molecule has 1 aromatic heterocycles. The van der Waals surface area contributed by atoms with Crippen LogP contribution in [0.1, 0.15) is 11.6 Å². The summed E-state index contributed by atoms with van der Waals surface area (Å²) in [6, 6.07) is 0. The van der Waals surface area contributed by atoms with Gasteiger partial charge in [-0.05, 0) is 25.5 Å². The van der Waals surface area contributed by atoms with Gasteiger partial charge in [-0.2, -0.15) is 0 Å². The maximum Gasteiger partial charge on any atom is 0 e. The number of nitrogens with zero attached hydrogens (tertiary/aromatic N) is 3. The molecule has 0 aliphatic carbocycles. The van der Waals surface area contributed by atoms with Crippen LogP contribution in [-0.4, -0.2) is 10.2 Å². The predicted molar refractivity (Wildman–Crippen MR) is 24.8 cm³/mol. The van der Waals surface area contributed by atoms with E-state index in [9.17, 15) is 0 Å². The van der Waals surface area contributed by atoms with Crippen LogP contribution >= 0.6 is 0 Å². The third-order valence-corrected chi connectivity index (χ3v) is 0.663. The Morgan fingerprint density at radius 1 is 1.12 bits per heavy atom. The second kappa shape index (κ2) is 2.93. The molecular weight excluding hydrogens is 193 g/mol. The van der Waals surface area contributed by atoms with Gasteiger partial charge in [0, 0.05) is 19.5 Å². The molecule has 1 aromatic rings. The van der Waals surface area contributed by atoms with Crippen molar-refractivity contribution in [2.75, 3.05) is 0 Å². The van der Waals surface area contributed by atoms with Gasteiger partial charge >= 0.3 is 0 Å². The number of aromatic nitrogens is 3. The van der Waals surface area contributed by atoms with Crippen molar-refractivity contribution in [1.82, 2.24) is 15.2 Å². The zero-order chi connectivity index (χ0) is 5.28. The van der Waals surface area contributed by atoms with Crippen LogP contribution in [0.5, 0.6) is 0 Å². The van der Waals surface area contributed by atoms with E-state index in [1.54, 1.807) is 0 Å². The minimum absolute atomic E-state index is 0. The Balaban J connectivity index is 0.000000490. The molecule has 1 heterocycles. The molecule has 47 valence electrons. The molecule has 0 saturated heterocycles. The summed E-state index contributed by atoms with van der Waals surface area (Å²) >= 11 is 0. The van der Waals surface area contributed by atoms with Gasteiger partial charge in [0.1, 0.15) is 0 Å². The minimum atomic E-state index is 0. The van der Waals surface area contributed by atoms with Crippen LogP contribution in [0.15, 0.2) is 0 Å². The van der Waals surface area contributed by atoms with E-state index in [0.29, 0.717) is 0 Å². The first-order valence-electron chi connectivity index (χ1n) is 2.09. The average Bonchev–Trinajstić information content (AvgIpc) is 1.87. The van der Waals surface area contributed by atoms with Gasteiger partial charge in [-0.1, -0.05) is 0 Å². The Morgan fingerprint density at radius 2 is 1.50 bits per heavy atom. The standard InChI is InChI=1S/C4H6N3.Rh/c1-3-5-4(2)7-6-3;/h1-2H3;/q-1;. The molecule has 0 aliphatic rings. The topological polar surface area (TPSA) is 39.9 Å². The molecule has 0 saturated carbocycles. The van der Waals surface area contributed by atoms with Crippen molar-refractivity contribution in [3.8, 4) is 0 Å². The molecule has 8 heavy (non-hydrogen) atoms. The molecule has 0 bridgehead atoms. The molecule has 3 nitrogen and oxygen atoms in total. The monoisotopic (exact) mass is 199 g/mol. The zero-order valence-corrected chi connectivity index (χ0v) is 6.31. The van der Waals surface area contributed by atoms with Crippen molar-refractivity contribution in [3.63, 3.8) is 0 Å². The van der Waals surface area contributed by atoms with Crippen LogP contribution in [0.2, 0.25) is 0 Å². The number of aryl methyl sites for hydroxylation is 2. The molecule has 0 atom stereocenters. The molecule has 0 aromatic carbocycles. The minimum Gasteiger partial charge on any atom is -0.367 e. The molecule has 1 rings (SSSR count). The Kier molecular flexibility index (Phi) is 2.84. The molecule has 0 unspecified atom stereocenters. The normalized spacial score (nSPS) is 8.25. The summed E-state index contributed by atoms with van der Waals surface area (Å²) in [5.74, 6) is 1.50. The van der Waals surface area contributed by atoms with Gasteiger partial charge in [-0.3, -0.25) is 0 Å². The SMILES string of the molecule is Cc1nnc(C)[n-]1.[Rh]. The summed E-state index contributed by atoms with van der Waals surface area (Å²) < 4.78 is 0. The van der Waals surface area contributed by atoms with Crippen LogP contribution < -0.4 is 4.98 Å². The van der Waals surface area contributed by atoms with Crippen molar-refractivity contribution in [3.05, 3.63) is 11.6 Å². The quantitative estimate of drug-likeness (QED) is 0.554. The van der Waals surface area contributed by atoms with Crippen molar-refractivity contribution >= 4 is 0 Å². The third-order valence-electron chi connectivity index (χ3n) is 0.663. The van der Waals surface area contributed by atoms with E-state index < -0.39 is 0 Å². The number of rotatable bonds is 0. The van der Waals surface area contributed by atoms with Crippen LogP contribution in [0.25, 0.3) is 0 Å². The van der Waals surface area contributed by atoms with Crippen molar-refractivity contribution in [1.29, 1.82) is 0 Å². The molecule has 0 fully saturated rings. The van der Waals surface area contributed by atoms with Gasteiger partial charge in [0.05, 0.1) is 0 Å². The average molecular weight is 199 g/mol. The van der Waals surface area contributed by atoms with Gasteiger partial charge in [0.25, 0.3) is 0 Å². The van der Waals surface area contributed by atoms with Crippen molar-refractivity contribution in [2.24, 2.45) is 0 Å². The summed E-state index contributed by atoms with van der Waals surface area (Å²) in [6.45, 7) is 3.64. The number of hydrogen-bond donors (Lipinski definition) is 0. The van der Waals surface area contributed by atoms with E-state index in [1.165, 1.54) is 0 Å². The first-order chi connectivity index (χ1) is 3.29. The maximum absolute atomic E-state index is 3.89. The molecular formula is C4H6N3Rh-. The van der Waals surface area contributed by atoms with Gasteiger partial charge < -0.3 is 15.2 Å². The van der Waals surface area contributed by atoms with Gasteiger partial charge in [-0.25, -0.2) is 0 Å². The van der Waals surface area contributed by atoms with Crippen molar-refractivity contribution in [2.45, 2.75) is 13.8 Å². The van der Waals surface area contributed by atoms with Crippen LogP contribution in [-0.2, 0) is 19.5 Å². The van der Waals surface area contributed by atoms with Crippen molar-refractivity contribution < 1.29 is 19.5 Å². The maximum atomic E-state index is 3.89. The third kappa shape index (κ3) is 1.70. The largest absolute Gasteiger partial charge is 0.367 e. The summed E-state index contributed by atoms with van der Waals surface area (Å²) in [6.07, 6.45) is 0. The molecule has 0 spiro atoms. The fourth-order valence-corrected chi connectivity index (χ4v) is 0.424. The fourth-order valence-electron chi connectivity index (χ4n) is 0.424. The Labute approximate surface area is 60.7 Å².